The van der Waals surface area contributed by atoms with Gasteiger partial charge in [-0.1, -0.05) is 17.7 Å². The number of aromatic amines is 1. The van der Waals surface area contributed by atoms with Crippen LogP contribution in [0, 0.1) is 6.92 Å². The lowest BCUT2D eigenvalue weighted by Gasteiger charge is -2.12. The Hall–Kier alpha value is -3.45. The standard InChI is InChI=1S/C20H21N5O2/c1-13-2-4-14(5-3-13)19(26)24-15-6-8-16(9-7-15)25-20(27)18(21)10-17-11-22-12-23-17/h2-9,11-12,18H,10,21H2,1H3,(H,22,23)(H,24,26)(H,25,27)/t18-/m0/s1. The van der Waals surface area contributed by atoms with E-state index in [1.807, 2.05) is 19.1 Å². The molecular weight excluding hydrogens is 342 g/mol. The van der Waals surface area contributed by atoms with E-state index in [0.717, 1.165) is 11.3 Å². The van der Waals surface area contributed by atoms with Crippen molar-refractivity contribution in [1.82, 2.24) is 9.97 Å². The number of H-pyrrole nitrogens is 1. The molecule has 2 amide bonds. The van der Waals surface area contributed by atoms with Crippen LogP contribution in [-0.4, -0.2) is 27.8 Å². The van der Waals surface area contributed by atoms with Crippen LogP contribution in [0.15, 0.2) is 61.1 Å². The molecule has 0 unspecified atom stereocenters. The fourth-order valence-corrected chi connectivity index (χ4v) is 2.51. The normalized spacial score (nSPS) is 11.6. The van der Waals surface area contributed by atoms with Crippen molar-refractivity contribution in [1.29, 1.82) is 0 Å². The number of amides is 2. The van der Waals surface area contributed by atoms with E-state index in [4.69, 9.17) is 5.73 Å². The van der Waals surface area contributed by atoms with Gasteiger partial charge < -0.3 is 21.4 Å². The van der Waals surface area contributed by atoms with Crippen LogP contribution in [0.4, 0.5) is 11.4 Å². The first-order valence-corrected chi connectivity index (χ1v) is 8.53. The van der Waals surface area contributed by atoms with Gasteiger partial charge in [-0.2, -0.15) is 0 Å². The molecule has 0 saturated carbocycles. The first-order valence-electron chi connectivity index (χ1n) is 8.53. The fraction of sp³-hybridized carbons (Fsp3) is 0.150. The van der Waals surface area contributed by atoms with Crippen LogP contribution in [0.5, 0.6) is 0 Å². The van der Waals surface area contributed by atoms with Crippen molar-refractivity contribution in [2.24, 2.45) is 5.73 Å². The molecule has 3 rings (SSSR count). The second-order valence-corrected chi connectivity index (χ2v) is 6.27. The summed E-state index contributed by atoms with van der Waals surface area (Å²) in [6.07, 6.45) is 3.55. The number of aryl methyl sites for hydroxylation is 1. The van der Waals surface area contributed by atoms with E-state index >= 15 is 0 Å². The second kappa shape index (κ2) is 8.29. The maximum Gasteiger partial charge on any atom is 0.255 e. The van der Waals surface area contributed by atoms with E-state index in [-0.39, 0.29) is 11.8 Å². The SMILES string of the molecule is Cc1ccc(C(=O)Nc2ccc(NC(=O)[C@@H](N)Cc3cnc[nH]3)cc2)cc1. The average Bonchev–Trinajstić information content (AvgIpc) is 3.16. The van der Waals surface area contributed by atoms with Gasteiger partial charge >= 0.3 is 0 Å². The molecule has 1 atom stereocenters. The van der Waals surface area contributed by atoms with Crippen LogP contribution in [-0.2, 0) is 11.2 Å². The van der Waals surface area contributed by atoms with E-state index in [1.54, 1.807) is 48.9 Å². The first-order chi connectivity index (χ1) is 13.0. The molecule has 1 heterocycles. The van der Waals surface area contributed by atoms with Crippen LogP contribution < -0.4 is 16.4 Å². The monoisotopic (exact) mass is 363 g/mol. The largest absolute Gasteiger partial charge is 0.348 e. The van der Waals surface area contributed by atoms with Crippen LogP contribution >= 0.6 is 0 Å². The molecule has 3 aromatic rings. The average molecular weight is 363 g/mol. The smallest absolute Gasteiger partial charge is 0.255 e. The summed E-state index contributed by atoms with van der Waals surface area (Å²) >= 11 is 0. The summed E-state index contributed by atoms with van der Waals surface area (Å²) in [4.78, 5) is 31.2. The molecule has 7 heteroatoms. The van der Waals surface area contributed by atoms with Gasteiger partial charge in [-0.15, -0.1) is 0 Å². The molecule has 0 radical (unpaired) electrons. The predicted octanol–water partition coefficient (Wildman–Crippen LogP) is 2.48. The van der Waals surface area contributed by atoms with Crippen molar-refractivity contribution >= 4 is 23.2 Å². The van der Waals surface area contributed by atoms with E-state index in [2.05, 4.69) is 20.6 Å². The second-order valence-electron chi connectivity index (χ2n) is 6.27. The zero-order valence-electron chi connectivity index (χ0n) is 14.9. The molecule has 138 valence electrons. The molecule has 0 bridgehead atoms. The molecular formula is C20H21N5O2. The van der Waals surface area contributed by atoms with Crippen molar-refractivity contribution in [3.8, 4) is 0 Å². The van der Waals surface area contributed by atoms with E-state index in [0.29, 0.717) is 23.4 Å². The molecule has 1 aromatic heterocycles. The minimum Gasteiger partial charge on any atom is -0.348 e. The number of nitrogens with zero attached hydrogens (tertiary/aromatic N) is 1. The van der Waals surface area contributed by atoms with Gasteiger partial charge in [0, 0.05) is 35.2 Å². The van der Waals surface area contributed by atoms with E-state index < -0.39 is 6.04 Å². The summed E-state index contributed by atoms with van der Waals surface area (Å²) < 4.78 is 0. The number of nitrogens with one attached hydrogen (secondary N) is 3. The van der Waals surface area contributed by atoms with Gasteiger partial charge in [0.2, 0.25) is 5.91 Å². The molecule has 7 nitrogen and oxygen atoms in total. The maximum atomic E-state index is 12.2. The van der Waals surface area contributed by atoms with Gasteiger partial charge in [0.15, 0.2) is 0 Å². The number of carbonyl (C=O) groups excluding carboxylic acids is 2. The van der Waals surface area contributed by atoms with Crippen molar-refractivity contribution in [2.45, 2.75) is 19.4 Å². The maximum absolute atomic E-state index is 12.2. The van der Waals surface area contributed by atoms with Gasteiger partial charge in [-0.05, 0) is 43.3 Å². The molecule has 0 spiro atoms. The zero-order valence-corrected chi connectivity index (χ0v) is 14.9. The lowest BCUT2D eigenvalue weighted by Crippen LogP contribution is -2.37. The number of rotatable bonds is 6. The van der Waals surface area contributed by atoms with Gasteiger partial charge in [0.1, 0.15) is 0 Å². The Morgan fingerprint density at radius 1 is 1.04 bits per heavy atom. The van der Waals surface area contributed by atoms with Crippen LogP contribution in [0.1, 0.15) is 21.6 Å². The number of anilines is 2. The highest BCUT2D eigenvalue weighted by atomic mass is 16.2. The number of benzene rings is 2. The third-order valence-electron chi connectivity index (χ3n) is 4.06. The van der Waals surface area contributed by atoms with E-state index in [9.17, 15) is 9.59 Å². The number of nitrogens with two attached hydrogens (primary N) is 1. The molecule has 0 aliphatic heterocycles. The highest BCUT2D eigenvalue weighted by molar-refractivity contribution is 6.04. The van der Waals surface area contributed by atoms with Crippen molar-refractivity contribution in [2.75, 3.05) is 10.6 Å². The third kappa shape index (κ3) is 5.02. The summed E-state index contributed by atoms with van der Waals surface area (Å²) in [6, 6.07) is 13.5. The first kappa shape index (κ1) is 18.3. The molecule has 0 aliphatic carbocycles. The Kier molecular flexibility index (Phi) is 5.63. The molecule has 0 aliphatic rings. The highest BCUT2D eigenvalue weighted by Gasteiger charge is 2.15. The summed E-state index contributed by atoms with van der Waals surface area (Å²) in [5.74, 6) is -0.477. The molecule has 2 aromatic carbocycles. The minimum atomic E-state index is -0.689. The third-order valence-corrected chi connectivity index (χ3v) is 4.06. The zero-order chi connectivity index (χ0) is 19.2. The Bertz CT molecular complexity index is 903. The van der Waals surface area contributed by atoms with Crippen LogP contribution in [0.25, 0.3) is 0 Å². The van der Waals surface area contributed by atoms with Crippen molar-refractivity contribution in [3.05, 3.63) is 77.9 Å². The van der Waals surface area contributed by atoms with Gasteiger partial charge in [-0.3, -0.25) is 9.59 Å². The minimum absolute atomic E-state index is 0.187. The van der Waals surface area contributed by atoms with Gasteiger partial charge in [0.25, 0.3) is 5.91 Å². The van der Waals surface area contributed by atoms with Crippen LogP contribution in [0.2, 0.25) is 0 Å². The number of carbonyl (C=O) groups is 2. The number of hydrogen-bond donors (Lipinski definition) is 4. The lowest BCUT2D eigenvalue weighted by molar-refractivity contribution is -0.117. The van der Waals surface area contributed by atoms with Gasteiger partial charge in [0.05, 0.1) is 12.4 Å². The Labute approximate surface area is 157 Å². The van der Waals surface area contributed by atoms with E-state index in [1.165, 1.54) is 0 Å². The summed E-state index contributed by atoms with van der Waals surface area (Å²) in [7, 11) is 0. The highest BCUT2D eigenvalue weighted by Crippen LogP contribution is 2.15. The quantitative estimate of drug-likeness (QED) is 0.539. The fourth-order valence-electron chi connectivity index (χ4n) is 2.51. The summed E-state index contributed by atoms with van der Waals surface area (Å²) in [5.41, 5.74) is 9.63. The topological polar surface area (TPSA) is 113 Å². The Morgan fingerprint density at radius 2 is 1.67 bits per heavy atom. The predicted molar refractivity (Wildman–Crippen MR) is 104 cm³/mol. The number of aromatic nitrogens is 2. The Morgan fingerprint density at radius 3 is 2.26 bits per heavy atom. The summed E-state index contributed by atoms with van der Waals surface area (Å²) in [6.45, 7) is 1.97. The summed E-state index contributed by atoms with van der Waals surface area (Å²) in [5, 5.41) is 5.58. The molecule has 0 fully saturated rings. The van der Waals surface area contributed by atoms with Gasteiger partial charge in [-0.25, -0.2) is 4.98 Å². The van der Waals surface area contributed by atoms with Crippen molar-refractivity contribution < 1.29 is 9.59 Å². The van der Waals surface area contributed by atoms with Crippen molar-refractivity contribution in [3.63, 3.8) is 0 Å². The number of hydrogen-bond acceptors (Lipinski definition) is 4. The lowest BCUT2D eigenvalue weighted by atomic mass is 10.1. The molecule has 0 saturated heterocycles. The molecule has 5 N–H and O–H groups in total. The molecule has 27 heavy (non-hydrogen) atoms. The van der Waals surface area contributed by atoms with Crippen LogP contribution in [0.3, 0.4) is 0 Å². The Balaban J connectivity index is 1.55. The number of imidazole rings is 1.